The van der Waals surface area contributed by atoms with Crippen LogP contribution in [0.5, 0.6) is 0 Å². The van der Waals surface area contributed by atoms with Gasteiger partial charge in [-0.25, -0.2) is 0 Å². The summed E-state index contributed by atoms with van der Waals surface area (Å²) in [5, 5.41) is 5.52. The van der Waals surface area contributed by atoms with Crippen molar-refractivity contribution in [3.63, 3.8) is 0 Å². The van der Waals surface area contributed by atoms with Crippen LogP contribution in [-0.4, -0.2) is 9.52 Å². The van der Waals surface area contributed by atoms with E-state index in [9.17, 15) is 0 Å². The maximum absolute atomic E-state index is 4.93. The third kappa shape index (κ3) is 7.69. The number of halogens is 2. The summed E-state index contributed by atoms with van der Waals surface area (Å²) in [6.07, 6.45) is 0. The van der Waals surface area contributed by atoms with E-state index >= 15 is 0 Å². The van der Waals surface area contributed by atoms with E-state index in [0.29, 0.717) is 0 Å². The van der Waals surface area contributed by atoms with Crippen molar-refractivity contribution in [1.82, 2.24) is 0 Å². The second kappa shape index (κ2) is 14.4. The molecule has 0 amide bonds. The SMILES string of the molecule is CC(C)(C)c1cc2c(-c3ccccc3-c3ccccc3)c(C(C)(C)C)ccc2[cH-]1.[Cl][Zr+2][Cl].[c-]1cccc2c1[Si]c1ccccc1-2. The fraction of sp³-hybridized carbons (Fsp3) is 0.195. The molecule has 4 heteroatoms. The zero-order chi connectivity index (χ0) is 32.2. The summed E-state index contributed by atoms with van der Waals surface area (Å²) in [6, 6.07) is 47.2. The van der Waals surface area contributed by atoms with Crippen molar-refractivity contribution in [3.05, 3.63) is 139 Å². The predicted molar refractivity (Wildman–Crippen MR) is 195 cm³/mol. The van der Waals surface area contributed by atoms with Gasteiger partial charge in [-0.2, -0.15) is 35.5 Å². The van der Waals surface area contributed by atoms with Crippen LogP contribution in [0.15, 0.2) is 121 Å². The van der Waals surface area contributed by atoms with E-state index in [0.717, 1.165) is 9.52 Å². The third-order valence-electron chi connectivity index (χ3n) is 8.18. The molecule has 0 saturated carbocycles. The van der Waals surface area contributed by atoms with Crippen LogP contribution in [-0.2, 0) is 31.7 Å². The van der Waals surface area contributed by atoms with Gasteiger partial charge in [0.2, 0.25) is 0 Å². The molecule has 0 N–H and O–H groups in total. The summed E-state index contributed by atoms with van der Waals surface area (Å²) in [7, 11) is 10.7. The quantitative estimate of drug-likeness (QED) is 0.123. The van der Waals surface area contributed by atoms with E-state index in [-0.39, 0.29) is 10.8 Å². The van der Waals surface area contributed by atoms with Crippen LogP contribution < -0.4 is 10.4 Å². The van der Waals surface area contributed by atoms with Crippen molar-refractivity contribution < 1.29 is 20.8 Å². The van der Waals surface area contributed by atoms with Gasteiger partial charge in [0.05, 0.1) is 9.52 Å². The Bertz CT molecular complexity index is 1850. The van der Waals surface area contributed by atoms with Gasteiger partial charge in [0.15, 0.2) is 0 Å². The second-order valence-electron chi connectivity index (χ2n) is 13.3. The minimum atomic E-state index is -0.826. The Morgan fingerprint density at radius 2 is 1.24 bits per heavy atom. The standard InChI is InChI=1S/C29H31.C12H7Si.2ClH.Zr/c1-28(2,3)22-18-21-16-17-26(29(4,5)6)27(25(21)19-22)24-15-11-10-14-23(24)20-12-8-7-9-13-20;1-3-7-11-9(5-1)10-6-2-4-8-12(10)13-11;;;/h7-19H,1-6H3;1-7H;2*1H;/q2*-1;;;+4/p-2. The van der Waals surface area contributed by atoms with Gasteiger partial charge >= 0.3 is 37.9 Å². The van der Waals surface area contributed by atoms with Crippen LogP contribution in [0.4, 0.5) is 0 Å². The van der Waals surface area contributed by atoms with E-state index in [1.807, 2.05) is 6.07 Å². The van der Waals surface area contributed by atoms with Crippen molar-refractivity contribution in [3.8, 4) is 33.4 Å². The van der Waals surface area contributed by atoms with E-state index in [2.05, 4.69) is 163 Å². The normalized spacial score (nSPS) is 11.8. The summed E-state index contributed by atoms with van der Waals surface area (Å²) in [4.78, 5) is 0. The number of hydrogen-bond donors (Lipinski definition) is 0. The van der Waals surface area contributed by atoms with Crippen molar-refractivity contribution in [2.45, 2.75) is 52.4 Å². The van der Waals surface area contributed by atoms with Gasteiger partial charge in [0, 0.05) is 0 Å². The van der Waals surface area contributed by atoms with Crippen molar-refractivity contribution in [1.29, 1.82) is 0 Å². The first-order valence-corrected chi connectivity index (χ1v) is 22.6. The molecular weight excluding hydrogens is 683 g/mol. The molecule has 0 saturated heterocycles. The maximum Gasteiger partial charge on any atom is 0.0920 e. The molecule has 45 heavy (non-hydrogen) atoms. The molecule has 0 spiro atoms. The zero-order valence-electron chi connectivity index (χ0n) is 26.8. The van der Waals surface area contributed by atoms with Crippen molar-refractivity contribution >= 4 is 47.7 Å². The Hall–Kier alpha value is -2.61. The Labute approximate surface area is 290 Å². The van der Waals surface area contributed by atoms with Gasteiger partial charge in [-0.05, 0) is 27.5 Å². The number of benzene rings is 5. The van der Waals surface area contributed by atoms with E-state index in [1.165, 1.54) is 65.7 Å². The second-order valence-corrected chi connectivity index (χ2v) is 18.4. The number of fused-ring (bicyclic) bond motifs is 4. The first kappa shape index (κ1) is 33.7. The van der Waals surface area contributed by atoms with Gasteiger partial charge in [0.1, 0.15) is 0 Å². The maximum atomic E-state index is 4.93. The summed E-state index contributed by atoms with van der Waals surface area (Å²) >= 11 is -0.826. The molecule has 0 unspecified atom stereocenters. The van der Waals surface area contributed by atoms with Crippen LogP contribution in [0.2, 0.25) is 0 Å². The molecule has 1 heterocycles. The van der Waals surface area contributed by atoms with Gasteiger partial charge in [-0.3, -0.25) is 0 Å². The van der Waals surface area contributed by atoms with Crippen LogP contribution in [0.3, 0.4) is 0 Å². The fourth-order valence-electron chi connectivity index (χ4n) is 5.93. The average Bonchev–Trinajstić information content (AvgIpc) is 3.64. The Morgan fingerprint density at radius 3 is 1.91 bits per heavy atom. The smallest absolute Gasteiger partial charge is 0.0920 e. The molecule has 0 nitrogen and oxygen atoms in total. The van der Waals surface area contributed by atoms with E-state index in [1.54, 1.807) is 0 Å². The predicted octanol–water partition coefficient (Wildman–Crippen LogP) is 11.0. The zero-order valence-corrected chi connectivity index (χ0v) is 31.8. The van der Waals surface area contributed by atoms with Crippen molar-refractivity contribution in [2.75, 3.05) is 0 Å². The number of hydrogen-bond acceptors (Lipinski definition) is 0. The monoisotopic (exact) mass is 718 g/mol. The van der Waals surface area contributed by atoms with Gasteiger partial charge < -0.3 is 0 Å². The molecular formula is C41H38Cl2SiZr. The topological polar surface area (TPSA) is 0 Å². The summed E-state index contributed by atoms with van der Waals surface area (Å²) in [5.41, 5.74) is 11.0. The molecule has 0 aromatic heterocycles. The first-order chi connectivity index (χ1) is 21.5. The van der Waals surface area contributed by atoms with Crippen LogP contribution in [0.1, 0.15) is 52.7 Å². The van der Waals surface area contributed by atoms with Crippen LogP contribution >= 0.6 is 17.0 Å². The van der Waals surface area contributed by atoms with Gasteiger partial charge in [-0.1, -0.05) is 142 Å². The molecule has 0 aliphatic carbocycles. The molecule has 0 bridgehead atoms. The minimum Gasteiger partial charge on any atom is -0.184 e. The fourth-order valence-corrected chi connectivity index (χ4v) is 7.24. The average molecular weight is 721 g/mol. The summed E-state index contributed by atoms with van der Waals surface area (Å²) in [6.45, 7) is 13.8. The minimum absolute atomic E-state index is 0.0620. The molecule has 6 aromatic carbocycles. The first-order valence-electron chi connectivity index (χ1n) is 15.3. The van der Waals surface area contributed by atoms with Crippen LogP contribution in [0.25, 0.3) is 44.2 Å². The molecule has 224 valence electrons. The molecule has 1 aliphatic rings. The Balaban J connectivity index is 0.000000206. The van der Waals surface area contributed by atoms with Gasteiger partial charge in [-0.15, -0.1) is 40.1 Å². The Morgan fingerprint density at radius 1 is 0.644 bits per heavy atom. The summed E-state index contributed by atoms with van der Waals surface area (Å²) < 4.78 is 0. The van der Waals surface area contributed by atoms with Crippen LogP contribution in [0, 0.1) is 6.07 Å². The largest absolute Gasteiger partial charge is 0.184 e. The Kier molecular flexibility index (Phi) is 10.8. The molecule has 0 atom stereocenters. The third-order valence-corrected chi connectivity index (χ3v) is 9.55. The molecule has 6 aromatic rings. The molecule has 7 rings (SSSR count). The van der Waals surface area contributed by atoms with E-state index < -0.39 is 20.8 Å². The summed E-state index contributed by atoms with van der Waals surface area (Å²) in [5.74, 6) is 0. The molecule has 1 aliphatic heterocycles. The number of rotatable bonds is 2. The van der Waals surface area contributed by atoms with E-state index in [4.69, 9.17) is 17.0 Å². The van der Waals surface area contributed by atoms with Gasteiger partial charge in [0.25, 0.3) is 0 Å². The molecule has 2 radical (unpaired) electrons. The van der Waals surface area contributed by atoms with Crippen molar-refractivity contribution in [2.24, 2.45) is 0 Å². The molecule has 0 fully saturated rings.